The van der Waals surface area contributed by atoms with Crippen LogP contribution in [0.1, 0.15) is 80.2 Å². The Kier molecular flexibility index (Phi) is 16.9. The Labute approximate surface area is 405 Å². The average Bonchev–Trinajstić information content (AvgIpc) is 3.83. The van der Waals surface area contributed by atoms with Gasteiger partial charge in [-0.25, -0.2) is 9.59 Å². The molecule has 2 aliphatic heterocycles. The minimum absolute atomic E-state index is 0.0545. The molecule has 0 saturated carbocycles. The molecular weight excluding hydrogens is 900 g/mol. The third-order valence-electron chi connectivity index (χ3n) is 11.0. The zero-order chi connectivity index (χ0) is 49.8. The lowest BCUT2D eigenvalue weighted by atomic mass is 9.92. The maximum atomic E-state index is 13.0. The van der Waals surface area contributed by atoms with Gasteiger partial charge in [0, 0.05) is 31.9 Å². The molecule has 2 atom stereocenters. The first kappa shape index (κ1) is 50.5. The lowest BCUT2D eigenvalue weighted by molar-refractivity contribution is -0.156. The number of halogens is 1. The Morgan fingerprint density at radius 1 is 0.565 bits per heavy atom. The van der Waals surface area contributed by atoms with E-state index in [0.717, 1.165) is 50.3 Å². The minimum atomic E-state index is -0.779. The second-order valence-corrected chi connectivity index (χ2v) is 16.0. The Bertz CT molecular complexity index is 2910. The largest absolute Gasteiger partial charge is 0.507 e. The summed E-state index contributed by atoms with van der Waals surface area (Å²) in [6.07, 6.45) is -0.154. The Balaban J connectivity index is 0.000000200. The number of carbonyl (C=O) groups is 5. The van der Waals surface area contributed by atoms with Crippen LogP contribution in [-0.2, 0) is 55.8 Å². The number of aliphatic hydroxyl groups excluding tert-OH is 1. The normalized spacial score (nSPS) is 14.9. The van der Waals surface area contributed by atoms with Gasteiger partial charge in [-0.2, -0.15) is 0 Å². The molecule has 6 aromatic carbocycles. The third-order valence-corrected chi connectivity index (χ3v) is 11.3. The molecule has 8 rings (SSSR count). The first-order valence-electron chi connectivity index (χ1n) is 22.0. The first-order valence-corrected chi connectivity index (χ1v) is 22.4. The second-order valence-electron chi connectivity index (χ2n) is 15.6. The molecule has 0 radical (unpaired) electrons. The van der Waals surface area contributed by atoms with Crippen LogP contribution in [-0.4, -0.2) is 49.2 Å². The van der Waals surface area contributed by atoms with Crippen LogP contribution in [0.2, 0.25) is 5.02 Å². The van der Waals surface area contributed by atoms with E-state index in [2.05, 4.69) is 10.8 Å². The molecule has 6 aromatic rings. The van der Waals surface area contributed by atoms with Crippen LogP contribution >= 0.6 is 11.6 Å². The number of aliphatic hydroxyl groups is 1. The molecule has 0 spiro atoms. The quantitative estimate of drug-likeness (QED) is 0.0744. The van der Waals surface area contributed by atoms with Gasteiger partial charge in [-0.1, -0.05) is 141 Å². The van der Waals surface area contributed by atoms with E-state index in [1.54, 1.807) is 14.2 Å². The van der Waals surface area contributed by atoms with Gasteiger partial charge in [-0.3, -0.25) is 14.4 Å². The number of carbonyl (C=O) groups excluding carboxylic acids is 5. The van der Waals surface area contributed by atoms with Gasteiger partial charge in [0.15, 0.2) is 23.7 Å². The molecule has 2 heterocycles. The number of methoxy groups -OCH3 is 2. The van der Waals surface area contributed by atoms with Crippen molar-refractivity contribution in [3.63, 3.8) is 0 Å². The number of hydrogen-bond acceptors (Lipinski definition) is 12. The van der Waals surface area contributed by atoms with Gasteiger partial charge in [0.05, 0.1) is 19.2 Å². The number of benzene rings is 6. The van der Waals surface area contributed by atoms with Gasteiger partial charge in [0.25, 0.3) is 0 Å². The molecule has 13 heteroatoms. The molecule has 0 bridgehead atoms. The fraction of sp³-hybridized carbons (Fsp3) is 0.196. The minimum Gasteiger partial charge on any atom is -0.507 e. The van der Waals surface area contributed by atoms with Crippen LogP contribution in [0.3, 0.4) is 0 Å². The molecular formula is C56H51ClO12. The Morgan fingerprint density at radius 3 is 1.51 bits per heavy atom. The van der Waals surface area contributed by atoms with Crippen molar-refractivity contribution in [2.24, 2.45) is 0 Å². The molecule has 0 amide bonds. The van der Waals surface area contributed by atoms with Crippen LogP contribution < -0.4 is 9.47 Å². The zero-order valence-corrected chi connectivity index (χ0v) is 39.9. The molecule has 0 aromatic heterocycles. The van der Waals surface area contributed by atoms with Gasteiger partial charge < -0.3 is 33.5 Å². The Morgan fingerprint density at radius 2 is 1.03 bits per heavy atom. The van der Waals surface area contributed by atoms with Gasteiger partial charge in [-0.05, 0) is 81.6 Å². The molecule has 0 fully saturated rings. The maximum absolute atomic E-state index is 13.0. The SMILES string of the molecule is CC(=O)OC(C)=O.CCc1cc(-c2ccc(OC)c(Cl)c2)ccc1C1=C(O)C(c2ccccc2)OC1=O.CCc1cc(-c2ccc(OC)cc2)ccc1C1=C(OC(C)=O)C(c2ccccc2)OC1=O. The maximum Gasteiger partial charge on any atom is 0.343 e. The summed E-state index contributed by atoms with van der Waals surface area (Å²) in [5, 5.41) is 11.4. The fourth-order valence-electron chi connectivity index (χ4n) is 7.81. The lowest BCUT2D eigenvalue weighted by Gasteiger charge is -2.14. The molecule has 1 N–H and O–H groups in total. The highest BCUT2D eigenvalue weighted by Crippen LogP contribution is 2.43. The van der Waals surface area contributed by atoms with Crippen molar-refractivity contribution < 1.29 is 57.5 Å². The van der Waals surface area contributed by atoms with E-state index in [9.17, 15) is 29.1 Å². The number of ether oxygens (including phenoxy) is 6. The highest BCUT2D eigenvalue weighted by molar-refractivity contribution is 6.32. The van der Waals surface area contributed by atoms with Crippen LogP contribution in [0.15, 0.2) is 151 Å². The highest BCUT2D eigenvalue weighted by Gasteiger charge is 2.40. The van der Waals surface area contributed by atoms with Crippen molar-refractivity contribution >= 4 is 52.6 Å². The van der Waals surface area contributed by atoms with E-state index in [0.29, 0.717) is 40.3 Å². The van der Waals surface area contributed by atoms with E-state index in [-0.39, 0.29) is 17.1 Å². The van der Waals surface area contributed by atoms with E-state index in [4.69, 9.17) is 35.3 Å². The molecule has 0 aliphatic carbocycles. The highest BCUT2D eigenvalue weighted by atomic mass is 35.5. The average molecular weight is 951 g/mol. The van der Waals surface area contributed by atoms with Crippen molar-refractivity contribution in [1.29, 1.82) is 0 Å². The molecule has 69 heavy (non-hydrogen) atoms. The molecule has 0 saturated heterocycles. The number of hydrogen-bond donors (Lipinski definition) is 1. The van der Waals surface area contributed by atoms with Crippen LogP contribution in [0.25, 0.3) is 33.4 Å². The molecule has 12 nitrogen and oxygen atoms in total. The predicted octanol–water partition coefficient (Wildman–Crippen LogP) is 11.7. The number of aryl methyl sites for hydroxylation is 2. The van der Waals surface area contributed by atoms with Gasteiger partial charge in [0.1, 0.15) is 22.6 Å². The zero-order valence-electron chi connectivity index (χ0n) is 39.2. The van der Waals surface area contributed by atoms with Crippen LogP contribution in [0.5, 0.6) is 11.5 Å². The standard InChI is InChI=1S/C27H24O5.C25H21ClO4.C4H6O3/c1-4-18-16-21(19-10-13-22(30-3)14-11-19)12-15-23(18)24-26(31-17(2)28)25(32-27(24)29)20-8-6-5-7-9-20;1-3-15-13-17(18-10-12-21(29-2)20(26)14-18)9-11-19(15)22-23(27)24(30-25(22)28)16-7-5-4-6-8-16;1-3(5)7-4(2)6/h5-16,25H,4H2,1-3H3;4-14,24,27H,3H2,1-2H3;1-2H3. The summed E-state index contributed by atoms with van der Waals surface area (Å²) in [6.45, 7) is 7.72. The summed E-state index contributed by atoms with van der Waals surface area (Å²) >= 11 is 6.27. The smallest absolute Gasteiger partial charge is 0.343 e. The summed E-state index contributed by atoms with van der Waals surface area (Å²) in [4.78, 5) is 57.1. The molecule has 354 valence electrons. The van der Waals surface area contributed by atoms with Crippen LogP contribution in [0, 0.1) is 0 Å². The predicted molar refractivity (Wildman–Crippen MR) is 262 cm³/mol. The van der Waals surface area contributed by atoms with Gasteiger partial charge in [0.2, 0.25) is 0 Å². The summed E-state index contributed by atoms with van der Waals surface area (Å²) in [5.74, 6) is -1.05. The molecule has 2 unspecified atom stereocenters. The summed E-state index contributed by atoms with van der Waals surface area (Å²) in [6, 6.07) is 43.6. The van der Waals surface area contributed by atoms with Crippen molar-refractivity contribution in [1.82, 2.24) is 0 Å². The first-order chi connectivity index (χ1) is 33.2. The van der Waals surface area contributed by atoms with Crippen molar-refractivity contribution in [3.05, 3.63) is 189 Å². The van der Waals surface area contributed by atoms with Crippen molar-refractivity contribution in [2.75, 3.05) is 14.2 Å². The van der Waals surface area contributed by atoms with Gasteiger partial charge >= 0.3 is 29.8 Å². The monoisotopic (exact) mass is 950 g/mol. The number of esters is 5. The summed E-state index contributed by atoms with van der Waals surface area (Å²) in [7, 11) is 3.21. The molecule has 2 aliphatic rings. The second kappa shape index (κ2) is 23.2. The van der Waals surface area contributed by atoms with Crippen molar-refractivity contribution in [3.8, 4) is 33.8 Å². The number of rotatable bonds is 11. The van der Waals surface area contributed by atoms with Crippen molar-refractivity contribution in [2.45, 2.75) is 59.7 Å². The van der Waals surface area contributed by atoms with Gasteiger partial charge in [-0.15, -0.1) is 0 Å². The lowest BCUT2D eigenvalue weighted by Crippen LogP contribution is -2.07. The Hall–Kier alpha value is -7.96. The van der Waals surface area contributed by atoms with E-state index in [1.165, 1.54) is 20.8 Å². The summed E-state index contributed by atoms with van der Waals surface area (Å²) < 4.78 is 31.1. The summed E-state index contributed by atoms with van der Waals surface area (Å²) in [5.41, 5.74) is 9.27. The van der Waals surface area contributed by atoms with E-state index >= 15 is 0 Å². The van der Waals surface area contributed by atoms with E-state index in [1.807, 2.05) is 147 Å². The fourth-order valence-corrected chi connectivity index (χ4v) is 8.07. The number of cyclic esters (lactones) is 2. The van der Waals surface area contributed by atoms with Crippen LogP contribution in [0.4, 0.5) is 0 Å². The van der Waals surface area contributed by atoms with E-state index < -0.39 is 42.1 Å². The third kappa shape index (κ3) is 12.1. The topological polar surface area (TPSA) is 161 Å².